The van der Waals surface area contributed by atoms with Gasteiger partial charge in [-0.2, -0.15) is 5.26 Å². The molecule has 0 aliphatic carbocycles. The van der Waals surface area contributed by atoms with Crippen LogP contribution in [0.5, 0.6) is 5.75 Å². The molecule has 2 aromatic rings. The summed E-state index contributed by atoms with van der Waals surface area (Å²) in [5.74, 6) is 0.866. The largest absolute Gasteiger partial charge is 0.497 e. The molecule has 1 aromatic heterocycles. The fraction of sp³-hybridized carbons (Fsp3) is 0.267. The summed E-state index contributed by atoms with van der Waals surface area (Å²) in [5.41, 5.74) is 3.01. The number of hydrogen-bond acceptors (Lipinski definition) is 3. The summed E-state index contributed by atoms with van der Waals surface area (Å²) in [5, 5.41) is 12.2. The zero-order chi connectivity index (χ0) is 13.7. The second-order valence-electron chi connectivity index (χ2n) is 4.41. The molecule has 2 rings (SSSR count). The molecule has 0 spiro atoms. The van der Waals surface area contributed by atoms with Gasteiger partial charge in [0, 0.05) is 26.3 Å². The van der Waals surface area contributed by atoms with Crippen molar-refractivity contribution in [1.29, 1.82) is 5.26 Å². The molecule has 0 fully saturated rings. The van der Waals surface area contributed by atoms with Crippen molar-refractivity contribution in [1.82, 2.24) is 9.88 Å². The highest BCUT2D eigenvalue weighted by Gasteiger charge is 2.01. The third kappa shape index (κ3) is 3.36. The molecule has 0 amide bonds. The van der Waals surface area contributed by atoms with Gasteiger partial charge in [0.05, 0.1) is 7.11 Å². The van der Waals surface area contributed by atoms with Gasteiger partial charge < -0.3 is 14.6 Å². The molecule has 0 radical (unpaired) electrons. The summed E-state index contributed by atoms with van der Waals surface area (Å²) in [6, 6.07) is 12.0. The van der Waals surface area contributed by atoms with E-state index in [0.717, 1.165) is 24.4 Å². The third-order valence-corrected chi connectivity index (χ3v) is 2.99. The van der Waals surface area contributed by atoms with Gasteiger partial charge in [-0.1, -0.05) is 12.1 Å². The van der Waals surface area contributed by atoms with Crippen molar-refractivity contribution < 1.29 is 4.74 Å². The zero-order valence-corrected chi connectivity index (χ0v) is 11.2. The van der Waals surface area contributed by atoms with Gasteiger partial charge in [-0.25, -0.2) is 0 Å². The van der Waals surface area contributed by atoms with E-state index in [1.54, 1.807) is 7.11 Å². The van der Waals surface area contributed by atoms with Gasteiger partial charge in [-0.3, -0.25) is 0 Å². The Hall–Kier alpha value is -2.25. The Morgan fingerprint density at radius 1 is 1.21 bits per heavy atom. The number of ether oxygens (including phenoxy) is 1. The van der Waals surface area contributed by atoms with Crippen LogP contribution in [0.4, 0.5) is 0 Å². The Morgan fingerprint density at radius 2 is 1.89 bits per heavy atom. The molecular weight excluding hydrogens is 238 g/mol. The van der Waals surface area contributed by atoms with Crippen LogP contribution in [0.15, 0.2) is 36.5 Å². The summed E-state index contributed by atoms with van der Waals surface area (Å²) < 4.78 is 6.96. The lowest BCUT2D eigenvalue weighted by atomic mass is 10.2. The second kappa shape index (κ2) is 6.07. The van der Waals surface area contributed by atoms with Crippen LogP contribution in [0.3, 0.4) is 0 Å². The number of nitrogens with one attached hydrogen (secondary N) is 1. The van der Waals surface area contributed by atoms with Gasteiger partial charge in [0.2, 0.25) is 0 Å². The number of methoxy groups -OCH3 is 1. The van der Waals surface area contributed by atoms with E-state index in [-0.39, 0.29) is 0 Å². The smallest absolute Gasteiger partial charge is 0.120 e. The fourth-order valence-corrected chi connectivity index (χ4v) is 1.94. The molecule has 98 valence electrons. The molecule has 1 N–H and O–H groups in total. The molecule has 1 aromatic carbocycles. The van der Waals surface area contributed by atoms with Gasteiger partial charge in [0.25, 0.3) is 0 Å². The van der Waals surface area contributed by atoms with Crippen molar-refractivity contribution >= 4 is 0 Å². The van der Waals surface area contributed by atoms with Gasteiger partial charge in [0.1, 0.15) is 17.5 Å². The van der Waals surface area contributed by atoms with Crippen LogP contribution in [0.1, 0.15) is 16.8 Å². The van der Waals surface area contributed by atoms with Crippen LogP contribution in [-0.2, 0) is 20.1 Å². The number of aromatic nitrogens is 1. The van der Waals surface area contributed by atoms with Crippen LogP contribution >= 0.6 is 0 Å². The summed E-state index contributed by atoms with van der Waals surface area (Å²) in [6.07, 6.45) is 1.97. The minimum absolute atomic E-state index is 0.682. The predicted octanol–water partition coefficient (Wildman–Crippen LogP) is 2.20. The zero-order valence-electron chi connectivity index (χ0n) is 11.2. The van der Waals surface area contributed by atoms with Crippen LogP contribution in [-0.4, -0.2) is 11.7 Å². The summed E-state index contributed by atoms with van der Waals surface area (Å²) >= 11 is 0. The lowest BCUT2D eigenvalue weighted by molar-refractivity contribution is 0.414. The topological polar surface area (TPSA) is 50.0 Å². The molecule has 0 saturated carbocycles. The highest BCUT2D eigenvalue weighted by Crippen LogP contribution is 2.11. The first kappa shape index (κ1) is 13.2. The number of aryl methyl sites for hydroxylation is 1. The molecule has 4 nitrogen and oxygen atoms in total. The lowest BCUT2D eigenvalue weighted by Crippen LogP contribution is -2.12. The Kier molecular flexibility index (Phi) is 4.22. The molecule has 19 heavy (non-hydrogen) atoms. The summed E-state index contributed by atoms with van der Waals surface area (Å²) in [7, 11) is 3.54. The maximum atomic E-state index is 8.88. The first-order valence-electron chi connectivity index (χ1n) is 6.12. The van der Waals surface area contributed by atoms with Crippen LogP contribution < -0.4 is 10.1 Å². The number of hydrogen-bond donors (Lipinski definition) is 1. The summed E-state index contributed by atoms with van der Waals surface area (Å²) in [6.45, 7) is 1.54. The number of benzene rings is 1. The van der Waals surface area contributed by atoms with Gasteiger partial charge in [0.15, 0.2) is 0 Å². The van der Waals surface area contributed by atoms with Crippen molar-refractivity contribution in [2.24, 2.45) is 7.05 Å². The van der Waals surface area contributed by atoms with Crippen molar-refractivity contribution in [3.05, 3.63) is 53.3 Å². The predicted molar refractivity (Wildman–Crippen MR) is 73.7 cm³/mol. The van der Waals surface area contributed by atoms with E-state index in [4.69, 9.17) is 10.00 Å². The van der Waals surface area contributed by atoms with E-state index in [1.165, 1.54) is 5.56 Å². The van der Waals surface area contributed by atoms with E-state index in [2.05, 4.69) is 11.4 Å². The molecule has 0 saturated heterocycles. The molecule has 0 aliphatic rings. The van der Waals surface area contributed by atoms with E-state index in [1.807, 2.05) is 48.1 Å². The Bertz CT molecular complexity index is 578. The van der Waals surface area contributed by atoms with Crippen LogP contribution in [0.2, 0.25) is 0 Å². The second-order valence-corrected chi connectivity index (χ2v) is 4.41. The van der Waals surface area contributed by atoms with E-state index >= 15 is 0 Å². The maximum absolute atomic E-state index is 8.88. The number of rotatable bonds is 5. The standard InChI is InChI=1S/C15H17N3O/c1-18-11-13(7-14(18)8-16)10-17-9-12-3-5-15(19-2)6-4-12/h3-7,11,17H,9-10H2,1-2H3. The van der Waals surface area contributed by atoms with Gasteiger partial charge in [-0.15, -0.1) is 0 Å². The van der Waals surface area contributed by atoms with E-state index < -0.39 is 0 Å². The lowest BCUT2D eigenvalue weighted by Gasteiger charge is -2.05. The molecule has 0 atom stereocenters. The average Bonchev–Trinajstić information content (AvgIpc) is 2.80. The van der Waals surface area contributed by atoms with E-state index in [9.17, 15) is 0 Å². The Morgan fingerprint density at radius 3 is 2.47 bits per heavy atom. The fourth-order valence-electron chi connectivity index (χ4n) is 1.94. The monoisotopic (exact) mass is 255 g/mol. The Balaban J connectivity index is 1.87. The van der Waals surface area contributed by atoms with Crippen molar-refractivity contribution in [3.63, 3.8) is 0 Å². The number of nitriles is 1. The maximum Gasteiger partial charge on any atom is 0.120 e. The SMILES string of the molecule is COc1ccc(CNCc2cc(C#N)n(C)c2)cc1. The normalized spacial score (nSPS) is 10.2. The Labute approximate surface area is 113 Å². The van der Waals surface area contributed by atoms with Crippen LogP contribution in [0.25, 0.3) is 0 Å². The summed E-state index contributed by atoms with van der Waals surface area (Å²) in [4.78, 5) is 0. The molecular formula is C15H17N3O. The first-order chi connectivity index (χ1) is 9.22. The van der Waals surface area contributed by atoms with Crippen molar-refractivity contribution in [3.8, 4) is 11.8 Å². The van der Waals surface area contributed by atoms with Gasteiger partial charge in [-0.05, 0) is 29.3 Å². The average molecular weight is 255 g/mol. The van der Waals surface area contributed by atoms with E-state index in [0.29, 0.717) is 5.69 Å². The molecule has 0 aliphatic heterocycles. The highest BCUT2D eigenvalue weighted by atomic mass is 16.5. The molecule has 0 unspecified atom stereocenters. The highest BCUT2D eigenvalue weighted by molar-refractivity contribution is 5.29. The molecule has 0 bridgehead atoms. The number of nitrogens with zero attached hydrogens (tertiary/aromatic N) is 2. The first-order valence-corrected chi connectivity index (χ1v) is 6.12. The minimum atomic E-state index is 0.682. The van der Waals surface area contributed by atoms with Crippen LogP contribution in [0, 0.1) is 11.3 Å². The molecule has 1 heterocycles. The molecule has 4 heteroatoms. The third-order valence-electron chi connectivity index (χ3n) is 2.99. The van der Waals surface area contributed by atoms with Gasteiger partial charge >= 0.3 is 0 Å². The quantitative estimate of drug-likeness (QED) is 0.891. The minimum Gasteiger partial charge on any atom is -0.497 e. The van der Waals surface area contributed by atoms with Crippen molar-refractivity contribution in [2.75, 3.05) is 7.11 Å². The van der Waals surface area contributed by atoms with Crippen molar-refractivity contribution in [2.45, 2.75) is 13.1 Å².